The maximum atomic E-state index is 13.1. The van der Waals surface area contributed by atoms with E-state index in [0.29, 0.717) is 34.9 Å². The highest BCUT2D eigenvalue weighted by molar-refractivity contribution is 6.04. The van der Waals surface area contributed by atoms with Crippen LogP contribution in [0.1, 0.15) is 46.2 Å². The second kappa shape index (κ2) is 10.5. The molecule has 0 fully saturated rings. The van der Waals surface area contributed by atoms with Crippen molar-refractivity contribution in [2.24, 2.45) is 0 Å². The Hall–Kier alpha value is -3.80. The van der Waals surface area contributed by atoms with E-state index in [9.17, 15) is 9.59 Å². The van der Waals surface area contributed by atoms with Crippen LogP contribution in [0.3, 0.4) is 0 Å². The summed E-state index contributed by atoms with van der Waals surface area (Å²) < 4.78 is 10.9. The van der Waals surface area contributed by atoms with Gasteiger partial charge in [0.05, 0.1) is 19.8 Å². The predicted octanol–water partition coefficient (Wildman–Crippen LogP) is 5.18. The zero-order valence-corrected chi connectivity index (χ0v) is 18.8. The Kier molecular flexibility index (Phi) is 7.49. The van der Waals surface area contributed by atoms with Gasteiger partial charge in [0, 0.05) is 23.9 Å². The molecule has 0 aromatic heterocycles. The van der Waals surface area contributed by atoms with Crippen LogP contribution in [0.5, 0.6) is 11.5 Å². The van der Waals surface area contributed by atoms with Crippen LogP contribution in [-0.2, 0) is 0 Å². The molecule has 2 amide bonds. The summed E-state index contributed by atoms with van der Waals surface area (Å²) in [6.07, 6.45) is 0. The molecule has 1 unspecified atom stereocenters. The first-order valence-corrected chi connectivity index (χ1v) is 10.5. The van der Waals surface area contributed by atoms with Crippen LogP contribution >= 0.6 is 0 Å². The summed E-state index contributed by atoms with van der Waals surface area (Å²) in [4.78, 5) is 27.2. The molecule has 0 aliphatic heterocycles. The first kappa shape index (κ1) is 22.9. The van der Waals surface area contributed by atoms with E-state index in [1.165, 1.54) is 0 Å². The summed E-state index contributed by atoms with van der Waals surface area (Å²) >= 11 is 0. The zero-order chi connectivity index (χ0) is 23.1. The Morgan fingerprint density at radius 2 is 1.69 bits per heavy atom. The first-order valence-electron chi connectivity index (χ1n) is 10.5. The molecule has 0 bridgehead atoms. The van der Waals surface area contributed by atoms with E-state index in [1.807, 2.05) is 56.3 Å². The minimum absolute atomic E-state index is 0.141. The Labute approximate surface area is 188 Å². The van der Waals surface area contributed by atoms with Gasteiger partial charge in [-0.25, -0.2) is 0 Å². The van der Waals surface area contributed by atoms with Crippen molar-refractivity contribution >= 4 is 17.5 Å². The van der Waals surface area contributed by atoms with Crippen LogP contribution in [0.25, 0.3) is 0 Å². The summed E-state index contributed by atoms with van der Waals surface area (Å²) in [6, 6.07) is 21.5. The second-order valence-electron chi connectivity index (χ2n) is 7.34. The molecule has 166 valence electrons. The average Bonchev–Trinajstić information content (AvgIpc) is 2.83. The monoisotopic (exact) mass is 432 g/mol. The lowest BCUT2D eigenvalue weighted by molar-refractivity contribution is 0.0742. The van der Waals surface area contributed by atoms with Gasteiger partial charge in [-0.3, -0.25) is 9.59 Å². The predicted molar refractivity (Wildman–Crippen MR) is 126 cm³/mol. The molecular weight excluding hydrogens is 404 g/mol. The van der Waals surface area contributed by atoms with Crippen molar-refractivity contribution in [3.05, 3.63) is 89.5 Å². The molecule has 0 saturated carbocycles. The highest BCUT2D eigenvalue weighted by atomic mass is 16.5. The number of rotatable bonds is 8. The maximum Gasteiger partial charge on any atom is 0.255 e. The number of methoxy groups -OCH3 is 1. The van der Waals surface area contributed by atoms with Gasteiger partial charge in [-0.2, -0.15) is 0 Å². The third-order valence-corrected chi connectivity index (χ3v) is 5.27. The van der Waals surface area contributed by atoms with E-state index in [1.54, 1.807) is 49.4 Å². The van der Waals surface area contributed by atoms with Crippen LogP contribution in [0.2, 0.25) is 0 Å². The van der Waals surface area contributed by atoms with Crippen LogP contribution in [0.15, 0.2) is 72.8 Å². The third kappa shape index (κ3) is 5.27. The van der Waals surface area contributed by atoms with Gasteiger partial charge in [0.2, 0.25) is 0 Å². The molecule has 6 nitrogen and oxygen atoms in total. The maximum absolute atomic E-state index is 13.1. The number of amides is 2. The summed E-state index contributed by atoms with van der Waals surface area (Å²) in [5.41, 5.74) is 2.67. The number of benzene rings is 3. The molecule has 6 heteroatoms. The molecule has 0 radical (unpaired) electrons. The number of nitrogens with zero attached hydrogens (tertiary/aromatic N) is 1. The molecule has 3 aromatic rings. The van der Waals surface area contributed by atoms with Crippen molar-refractivity contribution < 1.29 is 19.1 Å². The summed E-state index contributed by atoms with van der Waals surface area (Å²) in [7, 11) is 3.30. The van der Waals surface area contributed by atoms with E-state index >= 15 is 0 Å². The van der Waals surface area contributed by atoms with Gasteiger partial charge in [0.15, 0.2) is 11.5 Å². The van der Waals surface area contributed by atoms with E-state index in [2.05, 4.69) is 5.32 Å². The van der Waals surface area contributed by atoms with Gasteiger partial charge in [0.25, 0.3) is 11.8 Å². The van der Waals surface area contributed by atoms with Crippen LogP contribution in [0.4, 0.5) is 5.69 Å². The van der Waals surface area contributed by atoms with Crippen molar-refractivity contribution in [2.75, 3.05) is 26.1 Å². The SMILES string of the molecule is CCOc1ccc(C(=O)N(C)C(C)c2cccc(NC(=O)c3ccccc3)c2)cc1OC. The van der Waals surface area contributed by atoms with Gasteiger partial charge in [0.1, 0.15) is 0 Å². The first-order chi connectivity index (χ1) is 15.4. The number of ether oxygens (including phenoxy) is 2. The standard InChI is InChI=1S/C26H28N2O4/c1-5-32-23-15-14-21(17-24(23)31-4)26(30)28(3)18(2)20-12-9-13-22(16-20)27-25(29)19-10-7-6-8-11-19/h6-18H,5H2,1-4H3,(H,27,29). The highest BCUT2D eigenvalue weighted by Crippen LogP contribution is 2.30. The van der Waals surface area contributed by atoms with Crippen molar-refractivity contribution in [1.82, 2.24) is 4.90 Å². The lowest BCUT2D eigenvalue weighted by Gasteiger charge is -2.26. The van der Waals surface area contributed by atoms with Crippen LogP contribution < -0.4 is 14.8 Å². The van der Waals surface area contributed by atoms with Gasteiger partial charge in [-0.05, 0) is 61.9 Å². The fourth-order valence-electron chi connectivity index (χ4n) is 3.35. The largest absolute Gasteiger partial charge is 0.493 e. The molecule has 0 saturated heterocycles. The fraction of sp³-hybridized carbons (Fsp3) is 0.231. The van der Waals surface area contributed by atoms with E-state index in [4.69, 9.17) is 9.47 Å². The quantitative estimate of drug-likeness (QED) is 0.533. The normalized spacial score (nSPS) is 11.4. The Balaban J connectivity index is 1.75. The minimum atomic E-state index is -0.214. The molecule has 0 aliphatic rings. The number of carbonyl (C=O) groups is 2. The fourth-order valence-corrected chi connectivity index (χ4v) is 3.35. The van der Waals surface area contributed by atoms with E-state index in [-0.39, 0.29) is 17.9 Å². The van der Waals surface area contributed by atoms with Gasteiger partial charge < -0.3 is 19.7 Å². The second-order valence-corrected chi connectivity index (χ2v) is 7.34. The number of hydrogen-bond donors (Lipinski definition) is 1. The Morgan fingerprint density at radius 3 is 2.38 bits per heavy atom. The van der Waals surface area contributed by atoms with Crippen molar-refractivity contribution in [1.29, 1.82) is 0 Å². The molecule has 32 heavy (non-hydrogen) atoms. The van der Waals surface area contributed by atoms with Gasteiger partial charge >= 0.3 is 0 Å². The van der Waals surface area contributed by atoms with Crippen LogP contribution in [-0.4, -0.2) is 37.5 Å². The molecular formula is C26H28N2O4. The highest BCUT2D eigenvalue weighted by Gasteiger charge is 2.21. The number of nitrogens with one attached hydrogen (secondary N) is 1. The molecule has 1 atom stereocenters. The molecule has 3 rings (SSSR count). The lowest BCUT2D eigenvalue weighted by Crippen LogP contribution is -2.29. The smallest absolute Gasteiger partial charge is 0.255 e. The van der Waals surface area contributed by atoms with E-state index in [0.717, 1.165) is 5.56 Å². The van der Waals surface area contributed by atoms with Crippen molar-refractivity contribution in [3.8, 4) is 11.5 Å². The molecule has 3 aromatic carbocycles. The van der Waals surface area contributed by atoms with E-state index < -0.39 is 0 Å². The molecule has 0 aliphatic carbocycles. The van der Waals surface area contributed by atoms with Crippen molar-refractivity contribution in [2.45, 2.75) is 19.9 Å². The minimum Gasteiger partial charge on any atom is -0.493 e. The Morgan fingerprint density at radius 1 is 0.938 bits per heavy atom. The Bertz CT molecular complexity index is 1080. The summed E-state index contributed by atoms with van der Waals surface area (Å²) in [6.45, 7) is 4.35. The van der Waals surface area contributed by atoms with Gasteiger partial charge in [-0.15, -0.1) is 0 Å². The summed E-state index contributed by atoms with van der Waals surface area (Å²) in [5.74, 6) is 0.798. The third-order valence-electron chi connectivity index (χ3n) is 5.27. The van der Waals surface area contributed by atoms with Gasteiger partial charge in [-0.1, -0.05) is 30.3 Å². The average molecular weight is 433 g/mol. The number of anilines is 1. The number of carbonyl (C=O) groups excluding carboxylic acids is 2. The topological polar surface area (TPSA) is 67.9 Å². The lowest BCUT2D eigenvalue weighted by atomic mass is 10.0. The molecule has 1 N–H and O–H groups in total. The molecule has 0 spiro atoms. The number of hydrogen-bond acceptors (Lipinski definition) is 4. The summed E-state index contributed by atoms with van der Waals surface area (Å²) in [5, 5.41) is 2.91. The van der Waals surface area contributed by atoms with Crippen molar-refractivity contribution in [3.63, 3.8) is 0 Å². The van der Waals surface area contributed by atoms with Crippen LogP contribution in [0, 0.1) is 0 Å². The molecule has 0 heterocycles. The zero-order valence-electron chi connectivity index (χ0n) is 18.8.